The molecule has 0 spiro atoms. The highest BCUT2D eigenvalue weighted by atomic mass is 32.3. The predicted molar refractivity (Wildman–Crippen MR) is 82.3 cm³/mol. The molecule has 1 rings (SSSR count). The Kier molecular flexibility index (Phi) is 7.60. The van der Waals surface area contributed by atoms with Gasteiger partial charge in [-0.1, -0.05) is 0 Å². The van der Waals surface area contributed by atoms with Crippen LogP contribution in [0.5, 0.6) is 11.5 Å². The van der Waals surface area contributed by atoms with Gasteiger partial charge in [-0.05, 0) is 39.8 Å². The quantitative estimate of drug-likeness (QED) is 0.518. The number of hydrogen-bond donors (Lipinski definition) is 5. The molecule has 0 aliphatic rings. The van der Waals surface area contributed by atoms with Crippen LogP contribution in [0.4, 0.5) is 5.69 Å². The first-order valence-electron chi connectivity index (χ1n) is 6.46. The Morgan fingerprint density at radius 3 is 2.09 bits per heavy atom. The molecule has 0 fully saturated rings. The van der Waals surface area contributed by atoms with Gasteiger partial charge in [0.1, 0.15) is 5.75 Å². The van der Waals surface area contributed by atoms with Gasteiger partial charge in [0.05, 0.1) is 12.3 Å². The zero-order chi connectivity index (χ0) is 17.6. The van der Waals surface area contributed by atoms with E-state index in [-0.39, 0.29) is 29.4 Å². The lowest BCUT2D eigenvalue weighted by molar-refractivity contribution is 0.275. The van der Waals surface area contributed by atoms with E-state index in [9.17, 15) is 18.6 Å². The van der Waals surface area contributed by atoms with Gasteiger partial charge in [0.25, 0.3) is 0 Å². The lowest BCUT2D eigenvalue weighted by atomic mass is 10.1. The van der Waals surface area contributed by atoms with E-state index < -0.39 is 22.5 Å². The predicted octanol–water partition coefficient (Wildman–Crippen LogP) is 1.28. The van der Waals surface area contributed by atoms with Crippen molar-refractivity contribution >= 4 is 16.1 Å². The van der Waals surface area contributed by atoms with E-state index in [4.69, 9.17) is 9.66 Å². The summed E-state index contributed by atoms with van der Waals surface area (Å²) < 4.78 is 34.7. The molecular formula is C13H23NO7S. The maximum atomic E-state index is 10.8. The van der Waals surface area contributed by atoms with Crippen LogP contribution in [0, 0.1) is 0 Å². The van der Waals surface area contributed by atoms with Crippen molar-refractivity contribution in [2.24, 2.45) is 0 Å². The number of aliphatic hydroxyl groups excluding tert-OH is 2. The third-order valence-electron chi connectivity index (χ3n) is 2.10. The molecule has 1 aromatic carbocycles. The monoisotopic (exact) mass is 337 g/mol. The molecule has 0 amide bonds. The van der Waals surface area contributed by atoms with Crippen molar-refractivity contribution in [3.8, 4) is 11.5 Å². The average Bonchev–Trinajstić information content (AvgIpc) is 2.31. The number of anilines is 1. The van der Waals surface area contributed by atoms with Gasteiger partial charge in [0.15, 0.2) is 5.75 Å². The minimum atomic E-state index is -4.70. The van der Waals surface area contributed by atoms with Gasteiger partial charge in [-0.3, -0.25) is 4.55 Å². The maximum absolute atomic E-state index is 10.8. The number of phenols is 1. The fourth-order valence-electron chi connectivity index (χ4n) is 1.47. The number of aliphatic hydroxyl groups is 2. The molecule has 1 aromatic rings. The second-order valence-electron chi connectivity index (χ2n) is 5.30. The molecule has 0 aromatic heterocycles. The first-order chi connectivity index (χ1) is 9.95. The van der Waals surface area contributed by atoms with E-state index in [2.05, 4.69) is 9.50 Å². The average molecular weight is 337 g/mol. The molecule has 8 nitrogen and oxygen atoms in total. The summed E-state index contributed by atoms with van der Waals surface area (Å²) in [4.78, 5) is 0. The Balaban J connectivity index is 0.00000135. The Morgan fingerprint density at radius 1 is 1.23 bits per heavy atom. The van der Waals surface area contributed by atoms with Gasteiger partial charge in [0.2, 0.25) is 0 Å². The highest BCUT2D eigenvalue weighted by molar-refractivity contribution is 7.81. The van der Waals surface area contributed by atoms with Crippen LogP contribution < -0.4 is 9.50 Å². The third kappa shape index (κ3) is 7.46. The molecule has 0 saturated carbocycles. The molecule has 0 heterocycles. The van der Waals surface area contributed by atoms with Gasteiger partial charge in [-0.25, -0.2) is 0 Å². The smallest absolute Gasteiger partial charge is 0.446 e. The summed E-state index contributed by atoms with van der Waals surface area (Å²) in [6, 6.07) is 2.34. The van der Waals surface area contributed by atoms with Crippen LogP contribution in [0.1, 0.15) is 33.3 Å². The number of hydrogen-bond acceptors (Lipinski definition) is 7. The first-order valence-corrected chi connectivity index (χ1v) is 7.83. The number of rotatable bonds is 4. The van der Waals surface area contributed by atoms with Crippen LogP contribution in [0.3, 0.4) is 0 Å². The standard InChI is InChI=1S/C11H17NO6S.C2H6O/c1-11(2,3)12-10-7(6-13)8(14)4-5-9(10)18-19(15,16)17;1-2-3/h4-5,12-14H,6H2,1-3H3,(H,15,16,17);3H,2H2,1H3. The van der Waals surface area contributed by atoms with Crippen LogP contribution >= 0.6 is 0 Å². The summed E-state index contributed by atoms with van der Waals surface area (Å²) in [5, 5.41) is 29.4. The van der Waals surface area contributed by atoms with Crippen molar-refractivity contribution in [1.29, 1.82) is 0 Å². The van der Waals surface area contributed by atoms with Crippen molar-refractivity contribution in [1.82, 2.24) is 0 Å². The SMILES string of the molecule is CC(C)(C)Nc1c(OS(=O)(=O)O)ccc(O)c1CO.CCO. The normalized spacial score (nSPS) is 11.4. The van der Waals surface area contributed by atoms with Gasteiger partial charge in [0, 0.05) is 17.7 Å². The summed E-state index contributed by atoms with van der Waals surface area (Å²) in [6.45, 7) is 6.81. The van der Waals surface area contributed by atoms with E-state index in [0.29, 0.717) is 0 Å². The molecule has 128 valence electrons. The first kappa shape index (κ1) is 20.5. The Bertz CT molecular complexity index is 579. The molecule has 0 saturated heterocycles. The van der Waals surface area contributed by atoms with Crippen LogP contribution in [0.25, 0.3) is 0 Å². The molecule has 22 heavy (non-hydrogen) atoms. The van der Waals surface area contributed by atoms with Crippen molar-refractivity contribution in [3.05, 3.63) is 17.7 Å². The van der Waals surface area contributed by atoms with E-state index in [1.165, 1.54) is 12.1 Å². The highest BCUT2D eigenvalue weighted by Crippen LogP contribution is 2.37. The van der Waals surface area contributed by atoms with Gasteiger partial charge < -0.3 is 24.8 Å². The molecular weight excluding hydrogens is 314 g/mol. The molecule has 0 radical (unpaired) electrons. The fraction of sp³-hybridized carbons (Fsp3) is 0.538. The van der Waals surface area contributed by atoms with Gasteiger partial charge >= 0.3 is 10.4 Å². The molecule has 0 atom stereocenters. The van der Waals surface area contributed by atoms with Crippen molar-refractivity contribution in [2.75, 3.05) is 11.9 Å². The van der Waals surface area contributed by atoms with E-state index >= 15 is 0 Å². The van der Waals surface area contributed by atoms with E-state index in [1.807, 2.05) is 0 Å². The fourth-order valence-corrected chi connectivity index (χ4v) is 1.84. The highest BCUT2D eigenvalue weighted by Gasteiger charge is 2.21. The molecule has 0 aliphatic carbocycles. The second-order valence-corrected chi connectivity index (χ2v) is 6.32. The maximum Gasteiger partial charge on any atom is 0.446 e. The summed E-state index contributed by atoms with van der Waals surface area (Å²) in [6.07, 6.45) is 0. The molecule has 9 heteroatoms. The number of nitrogens with one attached hydrogen (secondary N) is 1. The second kappa shape index (κ2) is 8.18. The Labute approximate surface area is 130 Å². The topological polar surface area (TPSA) is 136 Å². The minimum Gasteiger partial charge on any atom is -0.507 e. The summed E-state index contributed by atoms with van der Waals surface area (Å²) in [5.41, 5.74) is -0.293. The zero-order valence-electron chi connectivity index (χ0n) is 13.0. The number of aromatic hydroxyl groups is 1. The lowest BCUT2D eigenvalue weighted by Crippen LogP contribution is -2.27. The van der Waals surface area contributed by atoms with E-state index in [1.54, 1.807) is 27.7 Å². The lowest BCUT2D eigenvalue weighted by Gasteiger charge is -2.25. The summed E-state index contributed by atoms with van der Waals surface area (Å²) in [7, 11) is -4.70. The van der Waals surface area contributed by atoms with Crippen LogP contribution in [-0.4, -0.2) is 40.4 Å². The van der Waals surface area contributed by atoms with E-state index in [0.717, 1.165) is 0 Å². The molecule has 5 N–H and O–H groups in total. The Hall–Kier alpha value is -1.55. The van der Waals surface area contributed by atoms with Crippen molar-refractivity contribution in [2.45, 2.75) is 39.8 Å². The number of benzene rings is 1. The van der Waals surface area contributed by atoms with Gasteiger partial charge in [-0.2, -0.15) is 8.42 Å². The van der Waals surface area contributed by atoms with Crippen LogP contribution in [0.15, 0.2) is 12.1 Å². The van der Waals surface area contributed by atoms with Crippen LogP contribution in [0.2, 0.25) is 0 Å². The third-order valence-corrected chi connectivity index (χ3v) is 2.49. The minimum absolute atomic E-state index is 0.0797. The van der Waals surface area contributed by atoms with Crippen molar-refractivity contribution < 1.29 is 32.5 Å². The zero-order valence-corrected chi connectivity index (χ0v) is 13.8. The van der Waals surface area contributed by atoms with Crippen molar-refractivity contribution in [3.63, 3.8) is 0 Å². The summed E-state index contributed by atoms with van der Waals surface area (Å²) in [5.74, 6) is -0.420. The van der Waals surface area contributed by atoms with Gasteiger partial charge in [-0.15, -0.1) is 0 Å². The Morgan fingerprint density at radius 2 is 1.73 bits per heavy atom. The van der Waals surface area contributed by atoms with Crippen LogP contribution in [-0.2, 0) is 17.0 Å². The molecule has 0 aliphatic heterocycles. The molecule has 0 bridgehead atoms. The largest absolute Gasteiger partial charge is 0.507 e. The summed E-state index contributed by atoms with van der Waals surface area (Å²) >= 11 is 0. The molecule has 0 unspecified atom stereocenters.